The van der Waals surface area contributed by atoms with Crippen molar-refractivity contribution < 1.29 is 14.2 Å². The zero-order valence-corrected chi connectivity index (χ0v) is 7.73. The van der Waals surface area contributed by atoms with Gasteiger partial charge in [0.05, 0.1) is 12.7 Å². The Morgan fingerprint density at radius 1 is 1.69 bits per heavy atom. The summed E-state index contributed by atoms with van der Waals surface area (Å²) in [7, 11) is 7.22. The van der Waals surface area contributed by atoms with Gasteiger partial charge in [-0.25, -0.2) is 0 Å². The fraction of sp³-hybridized carbons (Fsp3) is 0.778. The van der Waals surface area contributed by atoms with Crippen LogP contribution in [0.15, 0.2) is 0 Å². The first kappa shape index (κ1) is 10.6. The monoisotopic (exact) mass is 180 g/mol. The summed E-state index contributed by atoms with van der Waals surface area (Å²) in [5.41, 5.74) is 0. The molecule has 0 N–H and O–H groups in total. The van der Waals surface area contributed by atoms with Crippen LogP contribution in [0.3, 0.4) is 0 Å². The first-order valence-corrected chi connectivity index (χ1v) is 4.23. The number of terminal acetylenes is 1. The highest BCUT2D eigenvalue weighted by atomic mass is 16.6. The van der Waals surface area contributed by atoms with E-state index in [1.807, 2.05) is 0 Å². The Kier molecular flexibility index (Phi) is 4.30. The maximum absolute atomic E-state index is 5.61. The lowest BCUT2D eigenvalue weighted by atomic mass is 9.96. The molecule has 1 rings (SSSR count). The molecule has 0 saturated carbocycles. The van der Waals surface area contributed by atoms with Gasteiger partial charge in [0.15, 0.2) is 0 Å². The third-order valence-corrected chi connectivity index (χ3v) is 1.94. The molecular formula is C9H13BO3. The standard InChI is InChI=1S/C9H13BO3/c1-3-4-12-7-5-9(10)13-8(7)6-11-2/h1,7-9H,4-6H2,2H3/t7-,8-,9-/m1/s1. The van der Waals surface area contributed by atoms with Gasteiger partial charge in [0.25, 0.3) is 0 Å². The van der Waals surface area contributed by atoms with E-state index in [2.05, 4.69) is 5.92 Å². The van der Waals surface area contributed by atoms with Crippen LogP contribution in [-0.2, 0) is 14.2 Å². The fourth-order valence-electron chi connectivity index (χ4n) is 1.39. The molecule has 0 amide bonds. The Labute approximate surface area is 80.1 Å². The molecule has 70 valence electrons. The van der Waals surface area contributed by atoms with Gasteiger partial charge < -0.3 is 14.2 Å². The van der Waals surface area contributed by atoms with Crippen LogP contribution in [0.25, 0.3) is 0 Å². The number of methoxy groups -OCH3 is 1. The highest BCUT2D eigenvalue weighted by Crippen LogP contribution is 2.21. The lowest BCUT2D eigenvalue weighted by Gasteiger charge is -2.16. The summed E-state index contributed by atoms with van der Waals surface area (Å²) >= 11 is 0. The maximum Gasteiger partial charge on any atom is 0.109 e. The second-order valence-corrected chi connectivity index (χ2v) is 2.96. The van der Waals surface area contributed by atoms with Crippen molar-refractivity contribution >= 4 is 7.85 Å². The quantitative estimate of drug-likeness (QED) is 0.447. The van der Waals surface area contributed by atoms with E-state index >= 15 is 0 Å². The summed E-state index contributed by atoms with van der Waals surface area (Å²) in [6, 6.07) is -0.261. The average molecular weight is 180 g/mol. The van der Waals surface area contributed by atoms with Gasteiger partial charge in [-0.05, 0) is 6.42 Å². The van der Waals surface area contributed by atoms with Crippen LogP contribution in [0.1, 0.15) is 6.42 Å². The molecule has 3 nitrogen and oxygen atoms in total. The lowest BCUT2D eigenvalue weighted by Crippen LogP contribution is -2.28. The summed E-state index contributed by atoms with van der Waals surface area (Å²) in [6.07, 6.45) is 5.63. The van der Waals surface area contributed by atoms with Crippen LogP contribution in [0.5, 0.6) is 0 Å². The molecule has 0 spiro atoms. The second-order valence-electron chi connectivity index (χ2n) is 2.96. The van der Waals surface area contributed by atoms with Crippen molar-refractivity contribution in [2.24, 2.45) is 0 Å². The van der Waals surface area contributed by atoms with Crippen LogP contribution in [0.4, 0.5) is 0 Å². The van der Waals surface area contributed by atoms with Crippen LogP contribution in [0.2, 0.25) is 0 Å². The molecule has 13 heavy (non-hydrogen) atoms. The summed E-state index contributed by atoms with van der Waals surface area (Å²) in [6.45, 7) is 0.782. The minimum absolute atomic E-state index is 0.0361. The summed E-state index contributed by atoms with van der Waals surface area (Å²) < 4.78 is 15.7. The number of ether oxygens (including phenoxy) is 3. The molecule has 1 aliphatic heterocycles. The first-order chi connectivity index (χ1) is 6.27. The SMILES string of the molecule is [B][C@H]1C[C@@H](OCC#C)[C@@H](COC)O1. The fourth-order valence-corrected chi connectivity index (χ4v) is 1.39. The zero-order chi connectivity index (χ0) is 9.68. The second kappa shape index (κ2) is 5.28. The van der Waals surface area contributed by atoms with Crippen molar-refractivity contribution in [3.05, 3.63) is 0 Å². The normalized spacial score (nSPS) is 33.1. The Morgan fingerprint density at radius 3 is 3.08 bits per heavy atom. The van der Waals surface area contributed by atoms with Crippen LogP contribution >= 0.6 is 0 Å². The summed E-state index contributed by atoms with van der Waals surface area (Å²) in [5.74, 6) is 2.41. The smallest absolute Gasteiger partial charge is 0.109 e. The predicted molar refractivity (Wildman–Crippen MR) is 49.5 cm³/mol. The van der Waals surface area contributed by atoms with Crippen molar-refractivity contribution in [2.45, 2.75) is 24.6 Å². The van der Waals surface area contributed by atoms with Gasteiger partial charge in [-0.15, -0.1) is 6.42 Å². The van der Waals surface area contributed by atoms with E-state index in [1.165, 1.54) is 0 Å². The zero-order valence-electron chi connectivity index (χ0n) is 7.73. The van der Waals surface area contributed by atoms with Gasteiger partial charge in [0, 0.05) is 13.1 Å². The molecule has 0 aromatic rings. The Morgan fingerprint density at radius 2 is 2.46 bits per heavy atom. The third-order valence-electron chi connectivity index (χ3n) is 1.94. The average Bonchev–Trinajstić information content (AvgIpc) is 2.44. The molecule has 3 atom stereocenters. The molecule has 0 aromatic heterocycles. The topological polar surface area (TPSA) is 27.7 Å². The van der Waals surface area contributed by atoms with E-state index in [4.69, 9.17) is 28.5 Å². The minimum atomic E-state index is -0.261. The van der Waals surface area contributed by atoms with E-state index in [1.54, 1.807) is 7.11 Å². The van der Waals surface area contributed by atoms with Crippen molar-refractivity contribution in [3.8, 4) is 12.3 Å². The van der Waals surface area contributed by atoms with E-state index in [9.17, 15) is 0 Å². The number of rotatable bonds is 4. The molecule has 0 aromatic carbocycles. The van der Waals surface area contributed by atoms with Crippen molar-refractivity contribution in [1.82, 2.24) is 0 Å². The molecule has 1 aliphatic rings. The van der Waals surface area contributed by atoms with E-state index < -0.39 is 0 Å². The highest BCUT2D eigenvalue weighted by molar-refractivity contribution is 6.11. The molecule has 1 fully saturated rings. The van der Waals surface area contributed by atoms with Crippen molar-refractivity contribution in [1.29, 1.82) is 0 Å². The molecule has 0 unspecified atom stereocenters. The summed E-state index contributed by atoms with van der Waals surface area (Å²) in [4.78, 5) is 0. The number of hydrogen-bond donors (Lipinski definition) is 0. The van der Waals surface area contributed by atoms with Crippen molar-refractivity contribution in [2.75, 3.05) is 20.3 Å². The van der Waals surface area contributed by atoms with Gasteiger partial charge in [-0.1, -0.05) is 5.92 Å². The predicted octanol–water partition coefficient (Wildman–Crippen LogP) is -0.0653. The Balaban J connectivity index is 2.37. The van der Waals surface area contributed by atoms with Gasteiger partial charge in [-0.2, -0.15) is 0 Å². The third kappa shape index (κ3) is 3.04. The Hall–Kier alpha value is -0.495. The van der Waals surface area contributed by atoms with Crippen LogP contribution in [-0.4, -0.2) is 46.4 Å². The van der Waals surface area contributed by atoms with E-state index in [-0.39, 0.29) is 18.2 Å². The van der Waals surface area contributed by atoms with Gasteiger partial charge in [0.1, 0.15) is 20.6 Å². The largest absolute Gasteiger partial charge is 0.382 e. The molecular weight excluding hydrogens is 167 g/mol. The van der Waals surface area contributed by atoms with Gasteiger partial charge in [-0.3, -0.25) is 0 Å². The Bertz CT molecular complexity index is 190. The van der Waals surface area contributed by atoms with Crippen LogP contribution in [0, 0.1) is 12.3 Å². The molecule has 0 aliphatic carbocycles. The maximum atomic E-state index is 5.61. The van der Waals surface area contributed by atoms with E-state index in [0.29, 0.717) is 19.6 Å². The van der Waals surface area contributed by atoms with Gasteiger partial charge >= 0.3 is 0 Å². The molecule has 0 bridgehead atoms. The lowest BCUT2D eigenvalue weighted by molar-refractivity contribution is -0.0384. The molecule has 4 heteroatoms. The minimum Gasteiger partial charge on any atom is -0.382 e. The number of hydrogen-bond acceptors (Lipinski definition) is 3. The van der Waals surface area contributed by atoms with Crippen molar-refractivity contribution in [3.63, 3.8) is 0 Å². The van der Waals surface area contributed by atoms with Crippen LogP contribution < -0.4 is 0 Å². The molecule has 2 radical (unpaired) electrons. The first-order valence-electron chi connectivity index (χ1n) is 4.23. The molecule has 1 heterocycles. The summed E-state index contributed by atoms with van der Waals surface area (Å²) in [5, 5.41) is 0. The van der Waals surface area contributed by atoms with E-state index in [0.717, 1.165) is 0 Å². The van der Waals surface area contributed by atoms with Gasteiger partial charge in [0.2, 0.25) is 0 Å². The molecule has 1 saturated heterocycles. The highest BCUT2D eigenvalue weighted by Gasteiger charge is 2.32.